The molecule has 2 N–H and O–H groups in total. The van der Waals surface area contributed by atoms with Gasteiger partial charge in [0.2, 0.25) is 0 Å². The van der Waals surface area contributed by atoms with Gasteiger partial charge in [0, 0.05) is 10.6 Å². The van der Waals surface area contributed by atoms with Crippen LogP contribution in [0, 0.1) is 3.57 Å². The first-order valence-corrected chi connectivity index (χ1v) is 9.94. The number of nitrogens with zero attached hydrogens (tertiary/aromatic N) is 1. The average Bonchev–Trinajstić information content (AvgIpc) is 2.93. The van der Waals surface area contributed by atoms with E-state index in [0.717, 1.165) is 5.75 Å². The highest BCUT2D eigenvalue weighted by atomic mass is 127. The standard InChI is InChI=1S/C18H14ClIN2O3S/c1-2-25-13-5-3-12(4-6-13)21-18-22-17(24)15(26-18)8-10-7-11(19)9-14(20)16(10)23/h3-9,23H,2H2,1H3,(H,21,22,24)/b15-8-. The minimum absolute atomic E-state index is 0.0906. The summed E-state index contributed by atoms with van der Waals surface area (Å²) in [5, 5.41) is 13.8. The van der Waals surface area contributed by atoms with Crippen molar-refractivity contribution in [2.24, 2.45) is 4.99 Å². The molecule has 0 bridgehead atoms. The molecule has 1 heterocycles. The molecule has 8 heteroatoms. The molecular formula is C18H14ClIN2O3S. The third-order valence-corrected chi connectivity index (χ3v) is 5.32. The van der Waals surface area contributed by atoms with Gasteiger partial charge in [0.1, 0.15) is 11.5 Å². The fourth-order valence-electron chi connectivity index (χ4n) is 2.22. The molecule has 0 atom stereocenters. The van der Waals surface area contributed by atoms with E-state index in [2.05, 4.69) is 10.3 Å². The molecule has 1 fully saturated rings. The van der Waals surface area contributed by atoms with Crippen LogP contribution in [0.15, 0.2) is 46.3 Å². The van der Waals surface area contributed by atoms with Gasteiger partial charge in [-0.15, -0.1) is 0 Å². The normalized spacial score (nSPS) is 17.0. The van der Waals surface area contributed by atoms with Crippen molar-refractivity contribution in [3.05, 3.63) is 55.5 Å². The predicted molar refractivity (Wildman–Crippen MR) is 114 cm³/mol. The van der Waals surface area contributed by atoms with Crippen molar-refractivity contribution in [2.75, 3.05) is 6.61 Å². The summed E-state index contributed by atoms with van der Waals surface area (Å²) in [6, 6.07) is 10.6. The van der Waals surface area contributed by atoms with Crippen molar-refractivity contribution in [1.82, 2.24) is 5.32 Å². The Hall–Kier alpha value is -1.71. The van der Waals surface area contributed by atoms with Gasteiger partial charge < -0.3 is 15.2 Å². The topological polar surface area (TPSA) is 70.9 Å². The first kappa shape index (κ1) is 19.1. The Morgan fingerprint density at radius 3 is 2.77 bits per heavy atom. The molecule has 2 aromatic carbocycles. The molecule has 1 amide bonds. The van der Waals surface area contributed by atoms with Gasteiger partial charge in [-0.05, 0) is 83.8 Å². The van der Waals surface area contributed by atoms with Crippen LogP contribution in [0.4, 0.5) is 5.69 Å². The van der Waals surface area contributed by atoms with E-state index in [-0.39, 0.29) is 11.7 Å². The minimum atomic E-state index is -0.269. The van der Waals surface area contributed by atoms with Gasteiger partial charge in [-0.3, -0.25) is 4.79 Å². The molecule has 3 rings (SSSR count). The fraction of sp³-hybridized carbons (Fsp3) is 0.111. The number of thioether (sulfide) groups is 1. The highest BCUT2D eigenvalue weighted by Gasteiger charge is 2.24. The second-order valence-electron chi connectivity index (χ2n) is 5.23. The number of aromatic hydroxyl groups is 1. The Morgan fingerprint density at radius 1 is 1.35 bits per heavy atom. The van der Waals surface area contributed by atoms with Crippen LogP contribution in [0.2, 0.25) is 5.02 Å². The van der Waals surface area contributed by atoms with Crippen LogP contribution >= 0.6 is 46.0 Å². The number of amidine groups is 1. The molecular weight excluding hydrogens is 487 g/mol. The van der Waals surface area contributed by atoms with Crippen LogP contribution in [0.1, 0.15) is 12.5 Å². The Bertz CT molecular complexity index is 913. The van der Waals surface area contributed by atoms with Crippen LogP contribution in [-0.4, -0.2) is 22.8 Å². The molecule has 0 saturated carbocycles. The van der Waals surface area contributed by atoms with E-state index >= 15 is 0 Å². The number of rotatable bonds is 4. The number of ether oxygens (including phenoxy) is 1. The number of phenolic OH excluding ortho intramolecular Hbond substituents is 1. The highest BCUT2D eigenvalue weighted by Crippen LogP contribution is 2.34. The molecule has 134 valence electrons. The number of benzene rings is 2. The highest BCUT2D eigenvalue weighted by molar-refractivity contribution is 14.1. The van der Waals surface area contributed by atoms with Gasteiger partial charge in [0.25, 0.3) is 5.91 Å². The molecule has 0 spiro atoms. The summed E-state index contributed by atoms with van der Waals surface area (Å²) in [4.78, 5) is 17.0. The molecule has 0 aromatic heterocycles. The summed E-state index contributed by atoms with van der Waals surface area (Å²) in [5.41, 5.74) is 1.19. The van der Waals surface area contributed by atoms with E-state index in [4.69, 9.17) is 16.3 Å². The number of amides is 1. The largest absolute Gasteiger partial charge is 0.506 e. The lowest BCUT2D eigenvalue weighted by Gasteiger charge is -2.03. The molecule has 0 unspecified atom stereocenters. The lowest BCUT2D eigenvalue weighted by Crippen LogP contribution is -2.19. The van der Waals surface area contributed by atoms with E-state index in [1.807, 2.05) is 53.8 Å². The van der Waals surface area contributed by atoms with Crippen molar-refractivity contribution in [3.63, 3.8) is 0 Å². The summed E-state index contributed by atoms with van der Waals surface area (Å²) in [5.74, 6) is 0.591. The second kappa shape index (κ2) is 8.32. The zero-order valence-electron chi connectivity index (χ0n) is 13.6. The van der Waals surface area contributed by atoms with Crippen LogP contribution in [-0.2, 0) is 4.79 Å². The molecule has 1 aliphatic rings. The number of nitrogens with one attached hydrogen (secondary N) is 1. The molecule has 2 aromatic rings. The van der Waals surface area contributed by atoms with Gasteiger partial charge in [0.05, 0.1) is 20.8 Å². The second-order valence-corrected chi connectivity index (χ2v) is 7.86. The van der Waals surface area contributed by atoms with Gasteiger partial charge in [-0.1, -0.05) is 11.6 Å². The Labute approximate surface area is 173 Å². The van der Waals surface area contributed by atoms with E-state index in [1.54, 1.807) is 18.2 Å². The molecule has 0 radical (unpaired) electrons. The van der Waals surface area contributed by atoms with E-state index < -0.39 is 0 Å². The van der Waals surface area contributed by atoms with Gasteiger partial charge >= 0.3 is 0 Å². The van der Waals surface area contributed by atoms with E-state index in [9.17, 15) is 9.90 Å². The van der Waals surface area contributed by atoms with Crippen molar-refractivity contribution in [3.8, 4) is 11.5 Å². The summed E-state index contributed by atoms with van der Waals surface area (Å²) in [7, 11) is 0. The van der Waals surface area contributed by atoms with E-state index in [1.165, 1.54) is 11.8 Å². The number of phenols is 1. The van der Waals surface area contributed by atoms with Crippen molar-refractivity contribution >= 4 is 68.8 Å². The van der Waals surface area contributed by atoms with Crippen LogP contribution in [0.5, 0.6) is 11.5 Å². The fourth-order valence-corrected chi connectivity index (χ4v) is 4.11. The number of hydrogen-bond acceptors (Lipinski definition) is 5. The summed E-state index contributed by atoms with van der Waals surface area (Å²) >= 11 is 9.22. The smallest absolute Gasteiger partial charge is 0.264 e. The SMILES string of the molecule is CCOc1ccc(N=C2NC(=O)/C(=C/c3cc(Cl)cc(I)c3O)S2)cc1. The number of carbonyl (C=O) groups excluding carboxylic acids is 1. The zero-order valence-corrected chi connectivity index (χ0v) is 17.4. The lowest BCUT2D eigenvalue weighted by molar-refractivity contribution is -0.115. The quantitative estimate of drug-likeness (QED) is 0.461. The number of halogens is 2. The molecule has 1 saturated heterocycles. The Balaban J connectivity index is 1.82. The Kier molecular flexibility index (Phi) is 6.10. The number of carbonyl (C=O) groups is 1. The van der Waals surface area contributed by atoms with Gasteiger partial charge in [-0.25, -0.2) is 4.99 Å². The minimum Gasteiger partial charge on any atom is -0.506 e. The van der Waals surface area contributed by atoms with Crippen molar-refractivity contribution < 1.29 is 14.6 Å². The summed E-state index contributed by atoms with van der Waals surface area (Å²) < 4.78 is 6.01. The zero-order chi connectivity index (χ0) is 18.7. The van der Waals surface area contributed by atoms with Gasteiger partial charge in [0.15, 0.2) is 5.17 Å². The predicted octanol–water partition coefficient (Wildman–Crippen LogP) is 4.94. The monoisotopic (exact) mass is 500 g/mol. The van der Waals surface area contributed by atoms with Crippen LogP contribution < -0.4 is 10.1 Å². The maximum Gasteiger partial charge on any atom is 0.264 e. The maximum atomic E-state index is 12.2. The molecule has 26 heavy (non-hydrogen) atoms. The Morgan fingerprint density at radius 2 is 2.08 bits per heavy atom. The van der Waals surface area contributed by atoms with E-state index in [0.29, 0.717) is 36.5 Å². The van der Waals surface area contributed by atoms with Crippen LogP contribution in [0.3, 0.4) is 0 Å². The first-order chi connectivity index (χ1) is 12.5. The average molecular weight is 501 g/mol. The molecule has 1 aliphatic heterocycles. The maximum absolute atomic E-state index is 12.2. The number of aliphatic imine (C=N–C) groups is 1. The van der Waals surface area contributed by atoms with Crippen molar-refractivity contribution in [2.45, 2.75) is 6.92 Å². The van der Waals surface area contributed by atoms with Crippen molar-refractivity contribution in [1.29, 1.82) is 0 Å². The third kappa shape index (κ3) is 4.52. The third-order valence-electron chi connectivity index (χ3n) is 3.37. The molecule has 5 nitrogen and oxygen atoms in total. The summed E-state index contributed by atoms with van der Waals surface area (Å²) in [6.45, 7) is 2.52. The first-order valence-electron chi connectivity index (χ1n) is 7.66. The van der Waals surface area contributed by atoms with Crippen LogP contribution in [0.25, 0.3) is 6.08 Å². The van der Waals surface area contributed by atoms with Gasteiger partial charge in [-0.2, -0.15) is 0 Å². The summed E-state index contributed by atoms with van der Waals surface area (Å²) in [6.07, 6.45) is 1.60. The molecule has 0 aliphatic carbocycles. The number of hydrogen-bond donors (Lipinski definition) is 2. The lowest BCUT2D eigenvalue weighted by atomic mass is 10.2.